The summed E-state index contributed by atoms with van der Waals surface area (Å²) in [7, 11) is 0. The normalized spacial score (nSPS) is 23.5. The number of rotatable bonds is 7. The zero-order valence-electron chi connectivity index (χ0n) is 25.2. The van der Waals surface area contributed by atoms with E-state index in [0.717, 1.165) is 43.5 Å². The Kier molecular flexibility index (Phi) is 9.33. The third-order valence-electron chi connectivity index (χ3n) is 8.76. The molecule has 9 nitrogen and oxygen atoms in total. The third kappa shape index (κ3) is 6.40. The lowest BCUT2D eigenvalue weighted by Crippen LogP contribution is -2.62. The molecular weight excluding hydrogens is 613 g/mol. The van der Waals surface area contributed by atoms with Crippen molar-refractivity contribution in [2.24, 2.45) is 0 Å². The Bertz CT molecular complexity index is 1510. The van der Waals surface area contributed by atoms with Crippen molar-refractivity contribution in [1.82, 2.24) is 25.8 Å². The molecule has 0 bridgehead atoms. The van der Waals surface area contributed by atoms with E-state index in [0.29, 0.717) is 46.6 Å². The summed E-state index contributed by atoms with van der Waals surface area (Å²) in [4.78, 5) is 44.2. The van der Waals surface area contributed by atoms with Crippen LogP contribution in [0, 0.1) is 0 Å². The minimum atomic E-state index is -1.51. The number of nitrogens with zero attached hydrogens (tertiary/aromatic N) is 2. The number of piperazine rings is 1. The number of benzene rings is 3. The predicted molar refractivity (Wildman–Crippen MR) is 173 cm³/mol. The van der Waals surface area contributed by atoms with Gasteiger partial charge in [0.05, 0.1) is 25.2 Å². The Morgan fingerprint density at radius 2 is 1.44 bits per heavy atom. The summed E-state index contributed by atoms with van der Waals surface area (Å²) in [5, 5.41) is 11.3. The van der Waals surface area contributed by atoms with Gasteiger partial charge in [-0.15, -0.1) is 0 Å². The van der Waals surface area contributed by atoms with Gasteiger partial charge >= 0.3 is 0 Å². The highest BCUT2D eigenvalue weighted by atomic mass is 35.5. The van der Waals surface area contributed by atoms with E-state index in [2.05, 4.69) is 16.0 Å². The van der Waals surface area contributed by atoms with Crippen LogP contribution in [0.2, 0.25) is 10.0 Å². The first-order valence-electron chi connectivity index (χ1n) is 15.5. The Morgan fingerprint density at radius 1 is 0.844 bits per heavy atom. The monoisotopic (exact) mass is 649 g/mol. The molecule has 3 saturated heterocycles. The Morgan fingerprint density at radius 3 is 2.00 bits per heavy atom. The van der Waals surface area contributed by atoms with E-state index in [1.165, 1.54) is 0 Å². The van der Waals surface area contributed by atoms with Crippen LogP contribution in [0.25, 0.3) is 0 Å². The van der Waals surface area contributed by atoms with Crippen molar-refractivity contribution < 1.29 is 19.1 Å². The topological polar surface area (TPSA) is 103 Å². The van der Waals surface area contributed by atoms with Crippen molar-refractivity contribution >= 4 is 40.9 Å². The molecule has 236 valence electrons. The fraction of sp³-hybridized carbons (Fsp3) is 0.382. The second-order valence-electron chi connectivity index (χ2n) is 11.7. The Labute approximate surface area is 273 Å². The molecule has 11 heteroatoms. The zero-order chi connectivity index (χ0) is 31.6. The molecule has 3 fully saturated rings. The Balaban J connectivity index is 1.49. The molecule has 45 heavy (non-hydrogen) atoms. The predicted octanol–water partition coefficient (Wildman–Crippen LogP) is 4.80. The maximum atomic E-state index is 14.8. The number of piperidine rings is 1. The van der Waals surface area contributed by atoms with Crippen LogP contribution in [0.15, 0.2) is 66.7 Å². The molecule has 3 aromatic rings. The lowest BCUT2D eigenvalue weighted by molar-refractivity contribution is -0.144. The average molecular weight is 651 g/mol. The minimum Gasteiger partial charge on any atom is -0.493 e. The Hall–Kier alpha value is -3.63. The van der Waals surface area contributed by atoms with Gasteiger partial charge in [0.2, 0.25) is 5.91 Å². The fourth-order valence-corrected chi connectivity index (χ4v) is 6.78. The summed E-state index contributed by atoms with van der Waals surface area (Å²) in [5.74, 6) is -0.176. The maximum absolute atomic E-state index is 14.8. The van der Waals surface area contributed by atoms with Gasteiger partial charge in [-0.05, 0) is 73.7 Å². The first kappa shape index (κ1) is 31.4. The standard InChI is InChI=1S/C34H37Cl2N5O4/c1-2-45-28-20-24(32(43)40-17-4-3-5-18-40)10-15-27(28)34(33(44)41-19-16-37-29(42)21-41)38-30(22-6-11-25(35)12-7-22)31(39-34)23-8-13-26(36)14-9-23/h6-15,20,30-31,38-39H,2-5,16-19,21H2,1H3,(H,37,42)/t30-,31+,34?. The van der Waals surface area contributed by atoms with Crippen LogP contribution in [0.3, 0.4) is 0 Å². The van der Waals surface area contributed by atoms with E-state index >= 15 is 0 Å². The second kappa shape index (κ2) is 13.4. The van der Waals surface area contributed by atoms with Crippen LogP contribution in [0.1, 0.15) is 65.3 Å². The molecule has 3 aliphatic heterocycles. The highest BCUT2D eigenvalue weighted by Gasteiger charge is 2.54. The molecule has 3 aromatic carbocycles. The van der Waals surface area contributed by atoms with Crippen molar-refractivity contribution in [2.75, 3.05) is 39.3 Å². The van der Waals surface area contributed by atoms with Gasteiger partial charge in [0.25, 0.3) is 11.8 Å². The summed E-state index contributed by atoms with van der Waals surface area (Å²) in [5.41, 5.74) is 1.35. The van der Waals surface area contributed by atoms with Gasteiger partial charge in [0, 0.05) is 47.4 Å². The molecule has 3 aliphatic rings. The summed E-state index contributed by atoms with van der Waals surface area (Å²) in [6, 6.07) is 19.5. The number of likely N-dealkylation sites (tertiary alicyclic amines) is 1. The molecule has 0 aromatic heterocycles. The molecule has 0 saturated carbocycles. The zero-order valence-corrected chi connectivity index (χ0v) is 26.7. The first-order valence-corrected chi connectivity index (χ1v) is 16.2. The van der Waals surface area contributed by atoms with Crippen LogP contribution in [0.5, 0.6) is 5.75 Å². The molecule has 1 unspecified atom stereocenters. The number of carbonyl (C=O) groups is 3. The SMILES string of the molecule is CCOc1cc(C(=O)N2CCCCC2)ccc1C1(C(=O)N2CCNC(=O)C2)N[C@H](c2ccc(Cl)cc2)[C@H](c2ccc(Cl)cc2)N1. The lowest BCUT2D eigenvalue weighted by atomic mass is 9.94. The van der Waals surface area contributed by atoms with Gasteiger partial charge in [-0.25, -0.2) is 0 Å². The number of ether oxygens (including phenoxy) is 1. The fourth-order valence-electron chi connectivity index (χ4n) is 6.53. The van der Waals surface area contributed by atoms with Crippen molar-refractivity contribution in [1.29, 1.82) is 0 Å². The van der Waals surface area contributed by atoms with Crippen LogP contribution in [0.4, 0.5) is 0 Å². The highest BCUT2D eigenvalue weighted by molar-refractivity contribution is 6.30. The summed E-state index contributed by atoms with van der Waals surface area (Å²) in [6.07, 6.45) is 3.08. The summed E-state index contributed by atoms with van der Waals surface area (Å²) < 4.78 is 6.19. The largest absolute Gasteiger partial charge is 0.493 e. The number of amides is 3. The number of halogens is 2. The maximum Gasteiger partial charge on any atom is 0.263 e. The van der Waals surface area contributed by atoms with E-state index < -0.39 is 17.7 Å². The van der Waals surface area contributed by atoms with E-state index in [1.807, 2.05) is 60.4 Å². The van der Waals surface area contributed by atoms with Crippen molar-refractivity contribution in [3.05, 3.63) is 99.0 Å². The third-order valence-corrected chi connectivity index (χ3v) is 9.26. The van der Waals surface area contributed by atoms with E-state index in [4.69, 9.17) is 27.9 Å². The number of nitrogens with one attached hydrogen (secondary N) is 3. The van der Waals surface area contributed by atoms with Gasteiger partial charge < -0.3 is 19.9 Å². The minimum absolute atomic E-state index is 0.0549. The molecule has 0 spiro atoms. The number of hydrogen-bond acceptors (Lipinski definition) is 6. The van der Waals surface area contributed by atoms with Gasteiger partial charge in [0.15, 0.2) is 5.66 Å². The molecule has 0 radical (unpaired) electrons. The van der Waals surface area contributed by atoms with E-state index in [-0.39, 0.29) is 24.3 Å². The average Bonchev–Trinajstić information content (AvgIpc) is 3.47. The summed E-state index contributed by atoms with van der Waals surface area (Å²) >= 11 is 12.5. The van der Waals surface area contributed by atoms with E-state index in [9.17, 15) is 14.4 Å². The smallest absolute Gasteiger partial charge is 0.263 e. The molecule has 3 amide bonds. The van der Waals surface area contributed by atoms with Gasteiger partial charge in [-0.1, -0.05) is 53.5 Å². The molecular formula is C34H37Cl2N5O4. The first-order chi connectivity index (χ1) is 21.8. The van der Waals surface area contributed by atoms with Gasteiger partial charge in [0.1, 0.15) is 5.75 Å². The summed E-state index contributed by atoms with van der Waals surface area (Å²) in [6.45, 7) is 4.26. The molecule has 3 heterocycles. The van der Waals surface area contributed by atoms with Crippen molar-refractivity contribution in [2.45, 2.75) is 43.9 Å². The molecule has 3 N–H and O–H groups in total. The van der Waals surface area contributed by atoms with Crippen LogP contribution in [-0.2, 0) is 15.3 Å². The van der Waals surface area contributed by atoms with E-state index in [1.54, 1.807) is 23.1 Å². The molecule has 0 aliphatic carbocycles. The number of carbonyl (C=O) groups excluding carboxylic acids is 3. The van der Waals surface area contributed by atoms with Gasteiger partial charge in [-0.2, -0.15) is 0 Å². The second-order valence-corrected chi connectivity index (χ2v) is 12.5. The highest BCUT2D eigenvalue weighted by Crippen LogP contribution is 2.45. The van der Waals surface area contributed by atoms with Gasteiger partial charge in [-0.3, -0.25) is 25.0 Å². The molecule has 6 rings (SSSR count). The molecule has 3 atom stereocenters. The van der Waals surface area contributed by atoms with Crippen LogP contribution >= 0.6 is 23.2 Å². The van der Waals surface area contributed by atoms with Crippen LogP contribution < -0.4 is 20.7 Å². The number of hydrogen-bond donors (Lipinski definition) is 3. The van der Waals surface area contributed by atoms with Crippen molar-refractivity contribution in [3.63, 3.8) is 0 Å². The quantitative estimate of drug-likeness (QED) is 0.340. The van der Waals surface area contributed by atoms with Crippen molar-refractivity contribution in [3.8, 4) is 5.75 Å². The lowest BCUT2D eigenvalue weighted by Gasteiger charge is -2.38. The van der Waals surface area contributed by atoms with Crippen LogP contribution in [-0.4, -0.2) is 66.9 Å².